The second-order valence-corrected chi connectivity index (χ2v) is 4.40. The zero-order valence-corrected chi connectivity index (χ0v) is 9.27. The molecule has 3 nitrogen and oxygen atoms in total. The van der Waals surface area contributed by atoms with Crippen LogP contribution in [0.1, 0.15) is 17.7 Å². The summed E-state index contributed by atoms with van der Waals surface area (Å²) in [7, 11) is 0. The second-order valence-electron chi connectivity index (χ2n) is 4.40. The molecule has 0 aliphatic heterocycles. The molecule has 0 bridgehead atoms. The quantitative estimate of drug-likeness (QED) is 0.633. The predicted molar refractivity (Wildman–Crippen MR) is 68.7 cm³/mol. The number of allylic oxidation sites excluding steroid dienone is 1. The second kappa shape index (κ2) is 3.17. The molecule has 82 valence electrons. The molecule has 1 aliphatic carbocycles. The van der Waals surface area contributed by atoms with Crippen LogP contribution in [-0.4, -0.2) is 15.0 Å². The van der Waals surface area contributed by atoms with Crippen LogP contribution < -0.4 is 0 Å². The minimum absolute atomic E-state index is 0.995. The number of H-pyrrole nitrogens is 1. The zero-order valence-electron chi connectivity index (χ0n) is 9.27. The molecule has 0 radical (unpaired) electrons. The lowest BCUT2D eigenvalue weighted by molar-refractivity contribution is 0.951. The van der Waals surface area contributed by atoms with Gasteiger partial charge in [0.2, 0.25) is 0 Å². The first-order chi connectivity index (χ1) is 8.43. The first-order valence-electron chi connectivity index (χ1n) is 5.83. The fraction of sp³-hybridized carbons (Fsp3) is 0.143. The van der Waals surface area contributed by atoms with E-state index in [1.807, 2.05) is 18.5 Å². The number of nitrogens with one attached hydrogen (secondary N) is 1. The van der Waals surface area contributed by atoms with Crippen LogP contribution in [0.4, 0.5) is 0 Å². The molecule has 1 aliphatic rings. The summed E-state index contributed by atoms with van der Waals surface area (Å²) in [5.41, 5.74) is 4.78. The minimum atomic E-state index is 0.995. The van der Waals surface area contributed by atoms with Gasteiger partial charge in [-0.05, 0) is 18.9 Å². The van der Waals surface area contributed by atoms with Crippen molar-refractivity contribution < 1.29 is 0 Å². The Morgan fingerprint density at radius 2 is 2.18 bits per heavy atom. The van der Waals surface area contributed by atoms with Gasteiger partial charge < -0.3 is 4.98 Å². The number of aromatic amines is 1. The maximum atomic E-state index is 4.50. The highest BCUT2D eigenvalue weighted by Gasteiger charge is 2.13. The predicted octanol–water partition coefficient (Wildman–Crippen LogP) is 3.07. The van der Waals surface area contributed by atoms with Crippen molar-refractivity contribution in [1.29, 1.82) is 0 Å². The van der Waals surface area contributed by atoms with E-state index in [0.717, 1.165) is 23.7 Å². The standard InChI is InChI=1S/C14H11N3/c1-2-4-13-9(3-1)10-8-16-12-5-6-15-7-11(12)14(10)17-13/h1,3,5-8,17H,2,4H2. The average Bonchev–Trinajstić information content (AvgIpc) is 2.78. The van der Waals surface area contributed by atoms with Gasteiger partial charge in [0.15, 0.2) is 0 Å². The third kappa shape index (κ3) is 1.16. The molecule has 1 N–H and O–H groups in total. The van der Waals surface area contributed by atoms with Crippen LogP contribution in [-0.2, 0) is 6.42 Å². The first-order valence-corrected chi connectivity index (χ1v) is 5.83. The van der Waals surface area contributed by atoms with Gasteiger partial charge in [0.05, 0.1) is 11.0 Å². The SMILES string of the molecule is C1=Cc2c([nH]c3c2cnc2ccncc23)CC1. The summed E-state index contributed by atoms with van der Waals surface area (Å²) in [5, 5.41) is 2.31. The number of hydrogen-bond donors (Lipinski definition) is 1. The maximum Gasteiger partial charge on any atom is 0.0754 e. The smallest absolute Gasteiger partial charge is 0.0754 e. The summed E-state index contributed by atoms with van der Waals surface area (Å²) in [6, 6.07) is 1.95. The minimum Gasteiger partial charge on any atom is -0.357 e. The number of nitrogens with zero attached hydrogens (tertiary/aromatic N) is 2. The Labute approximate surface area is 98.2 Å². The van der Waals surface area contributed by atoms with E-state index in [1.54, 1.807) is 6.20 Å². The van der Waals surface area contributed by atoms with Gasteiger partial charge in [-0.1, -0.05) is 12.2 Å². The Morgan fingerprint density at radius 1 is 1.18 bits per heavy atom. The van der Waals surface area contributed by atoms with Crippen LogP contribution in [0, 0.1) is 0 Å². The lowest BCUT2D eigenvalue weighted by Gasteiger charge is -2.03. The van der Waals surface area contributed by atoms with Crippen molar-refractivity contribution in [1.82, 2.24) is 15.0 Å². The summed E-state index contributed by atoms with van der Waals surface area (Å²) in [6.45, 7) is 0. The molecule has 3 heterocycles. The molecule has 0 aromatic carbocycles. The van der Waals surface area contributed by atoms with Crippen LogP contribution >= 0.6 is 0 Å². The normalized spacial score (nSPS) is 14.4. The van der Waals surface area contributed by atoms with Crippen molar-refractivity contribution in [2.24, 2.45) is 0 Å². The maximum absolute atomic E-state index is 4.50. The van der Waals surface area contributed by atoms with Gasteiger partial charge >= 0.3 is 0 Å². The summed E-state index contributed by atoms with van der Waals surface area (Å²) in [4.78, 5) is 12.2. The van der Waals surface area contributed by atoms with Crippen LogP contribution in [0.2, 0.25) is 0 Å². The number of rotatable bonds is 0. The highest BCUT2D eigenvalue weighted by molar-refractivity contribution is 6.06. The number of fused-ring (bicyclic) bond motifs is 5. The lowest BCUT2D eigenvalue weighted by Crippen LogP contribution is -1.90. The van der Waals surface area contributed by atoms with Crippen molar-refractivity contribution in [3.63, 3.8) is 0 Å². The number of aryl methyl sites for hydroxylation is 1. The van der Waals surface area contributed by atoms with E-state index < -0.39 is 0 Å². The van der Waals surface area contributed by atoms with Gasteiger partial charge in [-0.15, -0.1) is 0 Å². The van der Waals surface area contributed by atoms with Crippen molar-refractivity contribution >= 4 is 27.9 Å². The van der Waals surface area contributed by atoms with Crippen LogP contribution in [0.15, 0.2) is 30.7 Å². The van der Waals surface area contributed by atoms with E-state index in [-0.39, 0.29) is 0 Å². The van der Waals surface area contributed by atoms with E-state index in [0.29, 0.717) is 0 Å². The molecule has 0 spiro atoms. The molecular weight excluding hydrogens is 210 g/mol. The molecular formula is C14H11N3. The topological polar surface area (TPSA) is 41.6 Å². The lowest BCUT2D eigenvalue weighted by atomic mass is 10.0. The summed E-state index contributed by atoms with van der Waals surface area (Å²) in [6.07, 6.45) is 12.2. The summed E-state index contributed by atoms with van der Waals surface area (Å²) >= 11 is 0. The molecule has 0 amide bonds. The van der Waals surface area contributed by atoms with E-state index in [9.17, 15) is 0 Å². The number of pyridine rings is 2. The van der Waals surface area contributed by atoms with Crippen molar-refractivity contribution in [2.75, 3.05) is 0 Å². The van der Waals surface area contributed by atoms with Gasteiger partial charge in [0.1, 0.15) is 0 Å². The number of hydrogen-bond acceptors (Lipinski definition) is 2. The van der Waals surface area contributed by atoms with Crippen LogP contribution in [0.3, 0.4) is 0 Å². The first kappa shape index (κ1) is 8.93. The molecule has 0 saturated heterocycles. The fourth-order valence-corrected chi connectivity index (χ4v) is 2.57. The van der Waals surface area contributed by atoms with E-state index >= 15 is 0 Å². The molecule has 0 unspecified atom stereocenters. The Morgan fingerprint density at radius 3 is 3.18 bits per heavy atom. The van der Waals surface area contributed by atoms with Gasteiger partial charge in [-0.25, -0.2) is 0 Å². The highest BCUT2D eigenvalue weighted by atomic mass is 14.8. The van der Waals surface area contributed by atoms with Crippen molar-refractivity contribution in [3.8, 4) is 0 Å². The molecule has 0 saturated carbocycles. The molecule has 0 fully saturated rings. The summed E-state index contributed by atoms with van der Waals surface area (Å²) in [5.74, 6) is 0. The Bertz CT molecular complexity index is 753. The molecule has 3 aromatic heterocycles. The van der Waals surface area contributed by atoms with Gasteiger partial charge in [-0.2, -0.15) is 0 Å². The van der Waals surface area contributed by atoms with Gasteiger partial charge in [-0.3, -0.25) is 9.97 Å². The van der Waals surface area contributed by atoms with Gasteiger partial charge in [0, 0.05) is 40.6 Å². The van der Waals surface area contributed by atoms with Crippen molar-refractivity contribution in [3.05, 3.63) is 42.0 Å². The molecule has 17 heavy (non-hydrogen) atoms. The number of aromatic nitrogens is 3. The third-order valence-electron chi connectivity index (χ3n) is 3.41. The molecule has 3 heteroatoms. The Kier molecular flexibility index (Phi) is 1.66. The zero-order chi connectivity index (χ0) is 11.2. The van der Waals surface area contributed by atoms with E-state index in [1.165, 1.54) is 22.2 Å². The van der Waals surface area contributed by atoms with Crippen LogP contribution in [0.5, 0.6) is 0 Å². The van der Waals surface area contributed by atoms with Crippen LogP contribution in [0.25, 0.3) is 27.9 Å². The Hall–Kier alpha value is -2.16. The molecule has 3 aromatic rings. The Balaban J connectivity index is 2.21. The highest BCUT2D eigenvalue weighted by Crippen LogP contribution is 2.30. The van der Waals surface area contributed by atoms with Gasteiger partial charge in [0.25, 0.3) is 0 Å². The third-order valence-corrected chi connectivity index (χ3v) is 3.41. The monoisotopic (exact) mass is 221 g/mol. The largest absolute Gasteiger partial charge is 0.357 e. The van der Waals surface area contributed by atoms with E-state index in [4.69, 9.17) is 0 Å². The molecule has 4 rings (SSSR count). The summed E-state index contributed by atoms with van der Waals surface area (Å²) < 4.78 is 0. The average molecular weight is 221 g/mol. The fourth-order valence-electron chi connectivity index (χ4n) is 2.57. The van der Waals surface area contributed by atoms with E-state index in [2.05, 4.69) is 27.1 Å². The molecule has 0 atom stereocenters. The van der Waals surface area contributed by atoms with Crippen molar-refractivity contribution in [2.45, 2.75) is 12.8 Å².